The van der Waals surface area contributed by atoms with E-state index in [1.165, 1.54) is 18.2 Å². The van der Waals surface area contributed by atoms with Crippen molar-refractivity contribution in [2.45, 2.75) is 24.7 Å². The van der Waals surface area contributed by atoms with E-state index in [1.54, 1.807) is 6.07 Å². The van der Waals surface area contributed by atoms with Gasteiger partial charge in [0.1, 0.15) is 11.6 Å². The molecule has 2 atom stereocenters. The molecule has 2 amide bonds. The number of nitriles is 1. The average Bonchev–Trinajstić information content (AvgIpc) is 3.16. The number of amides is 2. The fraction of sp³-hybridized carbons (Fsp3) is 0.160. The highest BCUT2D eigenvalue weighted by molar-refractivity contribution is 6.31. The molecule has 0 saturated carbocycles. The van der Waals surface area contributed by atoms with Crippen molar-refractivity contribution in [3.05, 3.63) is 98.6 Å². The zero-order valence-electron chi connectivity index (χ0n) is 18.5. The van der Waals surface area contributed by atoms with Crippen LogP contribution < -0.4 is 10.6 Å². The fourth-order valence-corrected chi connectivity index (χ4v) is 4.23. The monoisotopic (exact) mass is 535 g/mol. The lowest BCUT2D eigenvalue weighted by Gasteiger charge is -2.20. The van der Waals surface area contributed by atoms with Crippen LogP contribution in [0, 0.1) is 23.0 Å². The summed E-state index contributed by atoms with van der Waals surface area (Å²) in [5, 5.41) is 24.3. The maximum Gasteiger partial charge on any atom is 0.416 e. The topological polar surface area (TPSA) is 102 Å². The zero-order chi connectivity index (χ0) is 27.1. The largest absolute Gasteiger partial charge is 0.416 e. The number of rotatable bonds is 5. The Morgan fingerprint density at radius 2 is 1.86 bits per heavy atom. The molecular formula is C25H15ClF5N3O3. The molecule has 1 aliphatic heterocycles. The molecule has 3 aromatic rings. The number of aliphatic hydroxyl groups excluding tert-OH is 1. The molecule has 3 aromatic carbocycles. The Labute approximate surface area is 211 Å². The van der Waals surface area contributed by atoms with E-state index in [2.05, 4.69) is 10.6 Å². The molecule has 0 spiro atoms. The number of nitrogens with one attached hydrogen (secondary N) is 2. The van der Waals surface area contributed by atoms with E-state index >= 15 is 0 Å². The number of benzene rings is 3. The van der Waals surface area contributed by atoms with Crippen molar-refractivity contribution >= 4 is 29.1 Å². The van der Waals surface area contributed by atoms with E-state index in [0.717, 1.165) is 12.1 Å². The summed E-state index contributed by atoms with van der Waals surface area (Å²) in [6.45, 7) is 0. The van der Waals surface area contributed by atoms with Crippen LogP contribution in [0.3, 0.4) is 0 Å². The molecule has 0 saturated heterocycles. The van der Waals surface area contributed by atoms with Crippen molar-refractivity contribution in [3.63, 3.8) is 0 Å². The summed E-state index contributed by atoms with van der Waals surface area (Å²) in [7, 11) is 0. The van der Waals surface area contributed by atoms with Gasteiger partial charge in [-0.05, 0) is 54.1 Å². The molecule has 0 bridgehead atoms. The quantitative estimate of drug-likeness (QED) is 0.366. The average molecular weight is 536 g/mol. The predicted octanol–water partition coefficient (Wildman–Crippen LogP) is 5.67. The minimum absolute atomic E-state index is 0.0481. The van der Waals surface area contributed by atoms with Crippen LogP contribution in [-0.2, 0) is 6.18 Å². The first-order valence-corrected chi connectivity index (χ1v) is 10.9. The van der Waals surface area contributed by atoms with Gasteiger partial charge in [-0.15, -0.1) is 0 Å². The highest BCUT2D eigenvalue weighted by Crippen LogP contribution is 2.41. The van der Waals surface area contributed by atoms with Crippen molar-refractivity contribution < 1.29 is 36.6 Å². The second kappa shape index (κ2) is 9.80. The molecule has 1 heterocycles. The molecule has 0 aliphatic carbocycles. The second-order valence-electron chi connectivity index (χ2n) is 8.16. The molecule has 0 radical (unpaired) electrons. The molecule has 0 unspecified atom stereocenters. The first-order chi connectivity index (χ1) is 17.4. The van der Waals surface area contributed by atoms with Gasteiger partial charge in [0.15, 0.2) is 0 Å². The molecule has 0 aromatic heterocycles. The lowest BCUT2D eigenvalue weighted by molar-refractivity contribution is -0.137. The third-order valence-electron chi connectivity index (χ3n) is 5.69. The zero-order valence-corrected chi connectivity index (χ0v) is 19.2. The summed E-state index contributed by atoms with van der Waals surface area (Å²) in [5.74, 6) is -3.80. The summed E-state index contributed by atoms with van der Waals surface area (Å²) in [4.78, 5) is 25.8. The first-order valence-electron chi connectivity index (χ1n) is 10.6. The second-order valence-corrected chi connectivity index (χ2v) is 8.57. The summed E-state index contributed by atoms with van der Waals surface area (Å²) >= 11 is 6.22. The molecule has 12 heteroatoms. The molecule has 0 fully saturated rings. The standard InChI is InChI=1S/C25H15ClF5N3O3/c26-18-2-1-14(27)10-16(18)22-21-17(24(37)34-22)7-11(20(35)3-4-32)8-19(21)33-23(36)12-5-13(25(29,30)31)9-15(28)6-12/h1-2,5-10,20,22,35H,3H2,(H,33,36)(H,34,37)/t20-,22-/m0/s1. The Hall–Kier alpha value is -4.01. The van der Waals surface area contributed by atoms with E-state index in [1.807, 2.05) is 0 Å². The van der Waals surface area contributed by atoms with Crippen molar-refractivity contribution in [2.24, 2.45) is 0 Å². The lowest BCUT2D eigenvalue weighted by atomic mass is 9.92. The Morgan fingerprint density at radius 1 is 1.14 bits per heavy atom. The van der Waals surface area contributed by atoms with Gasteiger partial charge in [0, 0.05) is 33.0 Å². The number of aliphatic hydroxyl groups is 1. The minimum Gasteiger partial charge on any atom is -0.387 e. The van der Waals surface area contributed by atoms with Crippen LogP contribution in [0.25, 0.3) is 0 Å². The smallest absolute Gasteiger partial charge is 0.387 e. The summed E-state index contributed by atoms with van der Waals surface area (Å²) in [5.41, 5.74) is -1.98. The van der Waals surface area contributed by atoms with Crippen LogP contribution in [0.15, 0.2) is 48.5 Å². The SMILES string of the molecule is N#CC[C@H](O)c1cc(NC(=O)c2cc(F)cc(C(F)(F)F)c2)c2c(c1)C(=O)N[C@H]2c1cc(F)ccc1Cl. The molecule has 3 N–H and O–H groups in total. The summed E-state index contributed by atoms with van der Waals surface area (Å²) in [6.07, 6.45) is -6.66. The number of anilines is 1. The van der Waals surface area contributed by atoms with E-state index in [0.29, 0.717) is 12.1 Å². The van der Waals surface area contributed by atoms with Crippen LogP contribution in [-0.4, -0.2) is 16.9 Å². The highest BCUT2D eigenvalue weighted by atomic mass is 35.5. The highest BCUT2D eigenvalue weighted by Gasteiger charge is 2.36. The minimum atomic E-state index is -4.92. The van der Waals surface area contributed by atoms with Gasteiger partial charge in [-0.2, -0.15) is 18.4 Å². The number of alkyl halides is 3. The Bertz CT molecular complexity index is 1470. The maximum atomic E-state index is 14.0. The molecule has 4 rings (SSSR count). The van der Waals surface area contributed by atoms with Crippen molar-refractivity contribution in [1.29, 1.82) is 5.26 Å². The number of carbonyl (C=O) groups is 2. The predicted molar refractivity (Wildman–Crippen MR) is 122 cm³/mol. The molecular weight excluding hydrogens is 521 g/mol. The van der Waals surface area contributed by atoms with Crippen LogP contribution in [0.1, 0.15) is 61.5 Å². The van der Waals surface area contributed by atoms with Crippen LogP contribution in [0.2, 0.25) is 5.02 Å². The van der Waals surface area contributed by atoms with Gasteiger partial charge in [0.05, 0.1) is 30.2 Å². The fourth-order valence-electron chi connectivity index (χ4n) is 4.00. The van der Waals surface area contributed by atoms with E-state index in [-0.39, 0.29) is 45.5 Å². The Balaban J connectivity index is 1.85. The van der Waals surface area contributed by atoms with Gasteiger partial charge >= 0.3 is 6.18 Å². The number of halogens is 6. The number of hydrogen-bond acceptors (Lipinski definition) is 4. The van der Waals surface area contributed by atoms with Crippen LogP contribution in [0.5, 0.6) is 0 Å². The van der Waals surface area contributed by atoms with E-state index in [9.17, 15) is 36.6 Å². The Kier molecular flexibility index (Phi) is 6.90. The summed E-state index contributed by atoms with van der Waals surface area (Å²) in [6, 6.07) is 7.88. The van der Waals surface area contributed by atoms with Crippen molar-refractivity contribution in [3.8, 4) is 6.07 Å². The third-order valence-corrected chi connectivity index (χ3v) is 6.03. The number of fused-ring (bicyclic) bond motifs is 1. The number of carbonyl (C=O) groups excluding carboxylic acids is 2. The van der Waals surface area contributed by atoms with Gasteiger partial charge < -0.3 is 15.7 Å². The van der Waals surface area contributed by atoms with Crippen molar-refractivity contribution in [2.75, 3.05) is 5.32 Å². The normalized spacial score (nSPS) is 15.5. The van der Waals surface area contributed by atoms with Crippen molar-refractivity contribution in [1.82, 2.24) is 5.32 Å². The van der Waals surface area contributed by atoms with Gasteiger partial charge in [-0.3, -0.25) is 9.59 Å². The van der Waals surface area contributed by atoms with Gasteiger partial charge in [-0.25, -0.2) is 8.78 Å². The summed E-state index contributed by atoms with van der Waals surface area (Å²) < 4.78 is 67.3. The maximum absolute atomic E-state index is 14.0. The van der Waals surface area contributed by atoms with E-state index in [4.69, 9.17) is 16.9 Å². The van der Waals surface area contributed by atoms with Gasteiger partial charge in [-0.1, -0.05) is 11.6 Å². The lowest BCUT2D eigenvalue weighted by Crippen LogP contribution is -2.21. The van der Waals surface area contributed by atoms with Crippen LogP contribution >= 0.6 is 11.6 Å². The third kappa shape index (κ3) is 5.26. The van der Waals surface area contributed by atoms with Crippen LogP contribution in [0.4, 0.5) is 27.6 Å². The van der Waals surface area contributed by atoms with Gasteiger partial charge in [0.2, 0.25) is 0 Å². The number of nitrogens with zero attached hydrogens (tertiary/aromatic N) is 1. The Morgan fingerprint density at radius 3 is 2.54 bits per heavy atom. The molecule has 37 heavy (non-hydrogen) atoms. The first kappa shape index (κ1) is 26.1. The molecule has 190 valence electrons. The molecule has 1 aliphatic rings. The number of hydrogen-bond donors (Lipinski definition) is 3. The van der Waals surface area contributed by atoms with E-state index < -0.39 is 52.9 Å². The molecule has 6 nitrogen and oxygen atoms in total. The van der Waals surface area contributed by atoms with Gasteiger partial charge in [0.25, 0.3) is 11.8 Å².